The molecule has 0 aliphatic carbocycles. The van der Waals surface area contributed by atoms with E-state index in [4.69, 9.17) is 12.2 Å². The minimum absolute atomic E-state index is 0.0623. The van der Waals surface area contributed by atoms with Crippen LogP contribution in [-0.2, 0) is 4.79 Å². The minimum Gasteiger partial charge on any atom is -0.368 e. The highest BCUT2D eigenvalue weighted by Gasteiger charge is 2.20. The van der Waals surface area contributed by atoms with Crippen molar-refractivity contribution in [3.63, 3.8) is 0 Å². The summed E-state index contributed by atoms with van der Waals surface area (Å²) in [5.74, 6) is -1.01. The van der Waals surface area contributed by atoms with Crippen LogP contribution < -0.4 is 15.5 Å². The first kappa shape index (κ1) is 20.7. The number of anilines is 2. The molecule has 2 N–H and O–H groups in total. The second-order valence-electron chi connectivity index (χ2n) is 6.66. The van der Waals surface area contributed by atoms with Crippen LogP contribution in [0.2, 0.25) is 0 Å². The van der Waals surface area contributed by atoms with Gasteiger partial charge >= 0.3 is 0 Å². The number of hydrogen-bond donors (Lipinski definition) is 2. The van der Waals surface area contributed by atoms with Crippen molar-refractivity contribution in [2.75, 3.05) is 36.4 Å². The topological polar surface area (TPSA) is 64.7 Å². The molecule has 0 radical (unpaired) electrons. The lowest BCUT2D eigenvalue weighted by Gasteiger charge is -2.36. The number of carbonyl (C=O) groups is 2. The van der Waals surface area contributed by atoms with Crippen molar-refractivity contribution in [1.82, 2.24) is 10.2 Å². The SMILES string of the molecule is CCC(=O)N1CCN(c2ccc(NC(=S)NC(=O)c3ccccc3F)cc2)CC1. The summed E-state index contributed by atoms with van der Waals surface area (Å²) in [5.41, 5.74) is 1.71. The van der Waals surface area contributed by atoms with Crippen LogP contribution in [0.4, 0.5) is 15.8 Å². The molecule has 0 unspecified atom stereocenters. The number of carbonyl (C=O) groups excluding carboxylic acids is 2. The Kier molecular flexibility index (Phi) is 6.77. The van der Waals surface area contributed by atoms with Crippen LogP contribution in [0.5, 0.6) is 0 Å². The van der Waals surface area contributed by atoms with Gasteiger partial charge in [0.2, 0.25) is 5.91 Å². The summed E-state index contributed by atoms with van der Waals surface area (Å²) in [6.45, 7) is 4.90. The number of nitrogens with one attached hydrogen (secondary N) is 2. The minimum atomic E-state index is -0.600. The third-order valence-electron chi connectivity index (χ3n) is 4.77. The van der Waals surface area contributed by atoms with Gasteiger partial charge in [0.05, 0.1) is 5.56 Å². The van der Waals surface area contributed by atoms with E-state index in [0.29, 0.717) is 12.1 Å². The fourth-order valence-electron chi connectivity index (χ4n) is 3.17. The Balaban J connectivity index is 1.53. The van der Waals surface area contributed by atoms with Crippen molar-refractivity contribution in [2.45, 2.75) is 13.3 Å². The summed E-state index contributed by atoms with van der Waals surface area (Å²) >= 11 is 5.15. The third kappa shape index (κ3) is 5.29. The molecular formula is C21H23FN4O2S. The first-order valence-corrected chi connectivity index (χ1v) is 9.88. The Bertz CT molecular complexity index is 896. The smallest absolute Gasteiger partial charge is 0.260 e. The van der Waals surface area contributed by atoms with Crippen molar-refractivity contribution in [1.29, 1.82) is 0 Å². The lowest BCUT2D eigenvalue weighted by atomic mass is 10.2. The van der Waals surface area contributed by atoms with Crippen LogP contribution in [0.15, 0.2) is 48.5 Å². The van der Waals surface area contributed by atoms with E-state index in [1.165, 1.54) is 18.2 Å². The summed E-state index contributed by atoms with van der Waals surface area (Å²) in [5, 5.41) is 5.50. The normalized spacial score (nSPS) is 13.7. The summed E-state index contributed by atoms with van der Waals surface area (Å²) in [6, 6.07) is 13.4. The summed E-state index contributed by atoms with van der Waals surface area (Å²) in [4.78, 5) is 28.0. The molecule has 1 heterocycles. The number of halogens is 1. The number of benzene rings is 2. The van der Waals surface area contributed by atoms with Gasteiger partial charge in [-0.05, 0) is 48.6 Å². The lowest BCUT2D eigenvalue weighted by Crippen LogP contribution is -2.48. The zero-order valence-corrected chi connectivity index (χ0v) is 17.0. The first-order valence-electron chi connectivity index (χ1n) is 9.47. The zero-order chi connectivity index (χ0) is 20.8. The number of piperazine rings is 1. The van der Waals surface area contributed by atoms with E-state index in [9.17, 15) is 14.0 Å². The molecule has 152 valence electrons. The highest BCUT2D eigenvalue weighted by Crippen LogP contribution is 2.20. The van der Waals surface area contributed by atoms with Gasteiger partial charge in [-0.1, -0.05) is 19.1 Å². The molecule has 1 fully saturated rings. The highest BCUT2D eigenvalue weighted by molar-refractivity contribution is 7.80. The summed E-state index contributed by atoms with van der Waals surface area (Å²) in [7, 11) is 0. The van der Waals surface area contributed by atoms with Crippen LogP contribution in [0.1, 0.15) is 23.7 Å². The fourth-order valence-corrected chi connectivity index (χ4v) is 3.38. The van der Waals surface area contributed by atoms with Gasteiger partial charge < -0.3 is 15.1 Å². The molecule has 6 nitrogen and oxygen atoms in total. The van der Waals surface area contributed by atoms with Gasteiger partial charge in [0.15, 0.2) is 5.11 Å². The third-order valence-corrected chi connectivity index (χ3v) is 4.97. The molecule has 0 aromatic heterocycles. The predicted octanol–water partition coefficient (Wildman–Crippen LogP) is 3.01. The van der Waals surface area contributed by atoms with Crippen molar-refractivity contribution in [3.05, 3.63) is 59.9 Å². The Morgan fingerprint density at radius 3 is 2.31 bits per heavy atom. The molecule has 29 heavy (non-hydrogen) atoms. The molecule has 2 aromatic rings. The van der Waals surface area contributed by atoms with Crippen molar-refractivity contribution < 1.29 is 14.0 Å². The Labute approximate surface area is 174 Å². The van der Waals surface area contributed by atoms with Crippen LogP contribution >= 0.6 is 12.2 Å². The molecule has 1 aliphatic heterocycles. The van der Waals surface area contributed by atoms with E-state index in [1.54, 1.807) is 6.07 Å². The van der Waals surface area contributed by atoms with Gasteiger partial charge in [0.25, 0.3) is 5.91 Å². The Hall–Kier alpha value is -3.00. The molecule has 3 rings (SSSR count). The number of nitrogens with zero attached hydrogens (tertiary/aromatic N) is 2. The van der Waals surface area contributed by atoms with Crippen molar-refractivity contribution >= 4 is 40.5 Å². The van der Waals surface area contributed by atoms with Crippen LogP contribution in [0, 0.1) is 5.82 Å². The quantitative estimate of drug-likeness (QED) is 0.753. The Morgan fingerprint density at radius 2 is 1.69 bits per heavy atom. The summed E-state index contributed by atoms with van der Waals surface area (Å²) in [6.07, 6.45) is 0.535. The second-order valence-corrected chi connectivity index (χ2v) is 7.06. The monoisotopic (exact) mass is 414 g/mol. The molecule has 0 bridgehead atoms. The van der Waals surface area contributed by atoms with E-state index in [1.807, 2.05) is 36.1 Å². The van der Waals surface area contributed by atoms with Crippen LogP contribution in [0.25, 0.3) is 0 Å². The zero-order valence-electron chi connectivity index (χ0n) is 16.2. The Morgan fingerprint density at radius 1 is 1.03 bits per heavy atom. The molecule has 1 saturated heterocycles. The predicted molar refractivity (Wildman–Crippen MR) is 116 cm³/mol. The maximum absolute atomic E-state index is 13.7. The maximum atomic E-state index is 13.7. The van der Waals surface area contributed by atoms with Crippen LogP contribution in [0.3, 0.4) is 0 Å². The molecule has 8 heteroatoms. The van der Waals surface area contributed by atoms with E-state index >= 15 is 0 Å². The van der Waals surface area contributed by atoms with Crippen molar-refractivity contribution in [3.8, 4) is 0 Å². The fraction of sp³-hybridized carbons (Fsp3) is 0.286. The molecule has 0 atom stereocenters. The van der Waals surface area contributed by atoms with Gasteiger partial charge in [-0.25, -0.2) is 4.39 Å². The molecule has 0 saturated carbocycles. The number of rotatable bonds is 4. The molecule has 2 amide bonds. The standard InChI is InChI=1S/C21H23FN4O2S/c1-2-19(27)26-13-11-25(12-14-26)16-9-7-15(8-10-16)23-21(29)24-20(28)17-5-3-4-6-18(17)22/h3-10H,2,11-14H2,1H3,(H2,23,24,28,29). The number of hydrogen-bond acceptors (Lipinski definition) is 4. The van der Waals surface area contributed by atoms with Gasteiger partial charge in [-0.15, -0.1) is 0 Å². The molecule has 2 aromatic carbocycles. The van der Waals surface area contributed by atoms with E-state index in [2.05, 4.69) is 15.5 Å². The van der Waals surface area contributed by atoms with Gasteiger partial charge in [0.1, 0.15) is 5.82 Å². The average molecular weight is 415 g/mol. The van der Waals surface area contributed by atoms with Crippen molar-refractivity contribution in [2.24, 2.45) is 0 Å². The first-order chi connectivity index (χ1) is 14.0. The second kappa shape index (κ2) is 9.47. The number of amides is 2. The van der Waals surface area contributed by atoms with Gasteiger partial charge in [-0.3, -0.25) is 14.9 Å². The van der Waals surface area contributed by atoms with Crippen LogP contribution in [-0.4, -0.2) is 48.0 Å². The number of thiocarbonyl (C=S) groups is 1. The van der Waals surface area contributed by atoms with Gasteiger partial charge in [0, 0.05) is 44.0 Å². The summed E-state index contributed by atoms with van der Waals surface area (Å²) < 4.78 is 13.7. The highest BCUT2D eigenvalue weighted by atomic mass is 32.1. The molecule has 0 spiro atoms. The molecular weight excluding hydrogens is 391 g/mol. The largest absolute Gasteiger partial charge is 0.368 e. The lowest BCUT2D eigenvalue weighted by molar-refractivity contribution is -0.131. The molecule has 1 aliphatic rings. The maximum Gasteiger partial charge on any atom is 0.260 e. The van der Waals surface area contributed by atoms with E-state index in [-0.39, 0.29) is 16.6 Å². The van der Waals surface area contributed by atoms with E-state index in [0.717, 1.165) is 31.9 Å². The van der Waals surface area contributed by atoms with Gasteiger partial charge in [-0.2, -0.15) is 0 Å². The average Bonchev–Trinajstić information content (AvgIpc) is 2.74. The van der Waals surface area contributed by atoms with E-state index < -0.39 is 11.7 Å².